The van der Waals surface area contributed by atoms with Crippen molar-refractivity contribution in [2.24, 2.45) is 0 Å². The predicted molar refractivity (Wildman–Crippen MR) is 65.3 cm³/mol. The normalized spacial score (nSPS) is 15.1. The van der Waals surface area contributed by atoms with E-state index >= 15 is 0 Å². The molecule has 5 nitrogen and oxygen atoms in total. The van der Waals surface area contributed by atoms with Crippen LogP contribution >= 0.6 is 0 Å². The summed E-state index contributed by atoms with van der Waals surface area (Å²) in [4.78, 5) is 15.0. The molecule has 18 heavy (non-hydrogen) atoms. The number of carbonyl (C=O) groups is 1. The molecule has 0 saturated heterocycles. The van der Waals surface area contributed by atoms with Crippen molar-refractivity contribution in [2.45, 2.75) is 25.5 Å². The summed E-state index contributed by atoms with van der Waals surface area (Å²) in [5, 5.41) is 8.57. The first-order valence-corrected chi connectivity index (χ1v) is 6.01. The molecule has 1 N–H and O–H groups in total. The summed E-state index contributed by atoms with van der Waals surface area (Å²) in [7, 11) is 0. The molecule has 5 heteroatoms. The third-order valence-electron chi connectivity index (χ3n) is 3.04. The average Bonchev–Trinajstić information content (AvgIpc) is 3.10. The minimum Gasteiger partial charge on any atom is -0.480 e. The van der Waals surface area contributed by atoms with Crippen molar-refractivity contribution in [1.82, 2.24) is 9.55 Å². The molecule has 0 radical (unpaired) electrons. The lowest BCUT2D eigenvalue weighted by molar-refractivity contribution is -0.142. The fourth-order valence-corrected chi connectivity index (χ4v) is 2.17. The van der Waals surface area contributed by atoms with Gasteiger partial charge in [0.15, 0.2) is 0 Å². The van der Waals surface area contributed by atoms with Gasteiger partial charge in [0.1, 0.15) is 19.0 Å². The fraction of sp³-hybridized carbons (Fsp3) is 0.385. The lowest BCUT2D eigenvalue weighted by Gasteiger charge is -2.07. The number of carboxylic acid groups (broad SMARTS) is 1. The first-order chi connectivity index (χ1) is 8.75. The number of aliphatic carboxylic acids is 1. The van der Waals surface area contributed by atoms with Gasteiger partial charge in [-0.3, -0.25) is 0 Å². The van der Waals surface area contributed by atoms with E-state index in [2.05, 4.69) is 9.55 Å². The second-order valence-corrected chi connectivity index (χ2v) is 4.50. The van der Waals surface area contributed by atoms with Crippen molar-refractivity contribution in [2.75, 3.05) is 6.61 Å². The molecular weight excluding hydrogens is 232 g/mol. The molecule has 1 aromatic carbocycles. The topological polar surface area (TPSA) is 64.3 Å². The van der Waals surface area contributed by atoms with Crippen molar-refractivity contribution in [1.29, 1.82) is 0 Å². The summed E-state index contributed by atoms with van der Waals surface area (Å²) in [6.07, 6.45) is 2.32. The number of hydrogen-bond donors (Lipinski definition) is 1. The zero-order valence-corrected chi connectivity index (χ0v) is 9.87. The van der Waals surface area contributed by atoms with Crippen molar-refractivity contribution >= 4 is 17.0 Å². The number of rotatable bonds is 5. The number of aromatic nitrogens is 2. The Bertz CT molecular complexity index is 587. The Morgan fingerprint density at radius 3 is 2.94 bits per heavy atom. The van der Waals surface area contributed by atoms with Crippen LogP contribution in [-0.2, 0) is 16.1 Å². The Morgan fingerprint density at radius 1 is 1.44 bits per heavy atom. The number of nitrogens with zero attached hydrogens (tertiary/aromatic N) is 2. The highest BCUT2D eigenvalue weighted by atomic mass is 16.5. The molecule has 1 aliphatic rings. The molecule has 0 atom stereocenters. The standard InChI is InChI=1S/C13H14N2O3/c16-13(17)8-18-7-12-14-10-3-1-2-4-11(10)15(12)9-5-6-9/h1-4,9H,5-8H2,(H,16,17). The molecule has 1 aliphatic carbocycles. The highest BCUT2D eigenvalue weighted by molar-refractivity contribution is 5.76. The Labute approximate surface area is 104 Å². The molecule has 94 valence electrons. The monoisotopic (exact) mass is 246 g/mol. The molecule has 3 rings (SSSR count). The van der Waals surface area contributed by atoms with Gasteiger partial charge in [-0.1, -0.05) is 12.1 Å². The van der Waals surface area contributed by atoms with E-state index in [9.17, 15) is 4.79 Å². The van der Waals surface area contributed by atoms with Crippen LogP contribution < -0.4 is 0 Å². The minimum absolute atomic E-state index is 0.247. The Hall–Kier alpha value is -1.88. The molecular formula is C13H14N2O3. The van der Waals surface area contributed by atoms with Crippen LogP contribution in [0.4, 0.5) is 0 Å². The van der Waals surface area contributed by atoms with E-state index in [1.165, 1.54) is 0 Å². The second-order valence-electron chi connectivity index (χ2n) is 4.50. The molecule has 0 spiro atoms. The van der Waals surface area contributed by atoms with Crippen molar-refractivity contribution in [3.8, 4) is 0 Å². The van der Waals surface area contributed by atoms with Crippen molar-refractivity contribution in [3.05, 3.63) is 30.1 Å². The molecule has 0 aliphatic heterocycles. The van der Waals surface area contributed by atoms with Gasteiger partial charge >= 0.3 is 5.97 Å². The van der Waals surface area contributed by atoms with E-state index in [1.54, 1.807) is 0 Å². The lowest BCUT2D eigenvalue weighted by atomic mass is 10.3. The van der Waals surface area contributed by atoms with Crippen LogP contribution in [0.3, 0.4) is 0 Å². The molecule has 0 bridgehead atoms. The molecule has 1 heterocycles. The number of benzene rings is 1. The predicted octanol–water partition coefficient (Wildman–Crippen LogP) is 1.97. The molecule has 0 unspecified atom stereocenters. The SMILES string of the molecule is O=C(O)COCc1nc2ccccc2n1C1CC1. The Morgan fingerprint density at radius 2 is 2.22 bits per heavy atom. The van der Waals surface area contributed by atoms with Crippen LogP contribution in [0.25, 0.3) is 11.0 Å². The zero-order chi connectivity index (χ0) is 12.5. The van der Waals surface area contributed by atoms with E-state index in [1.807, 2.05) is 24.3 Å². The third-order valence-corrected chi connectivity index (χ3v) is 3.04. The van der Waals surface area contributed by atoms with Crippen LogP contribution in [0.15, 0.2) is 24.3 Å². The van der Waals surface area contributed by atoms with Gasteiger partial charge in [0.25, 0.3) is 0 Å². The molecule has 1 fully saturated rings. The number of fused-ring (bicyclic) bond motifs is 1. The zero-order valence-electron chi connectivity index (χ0n) is 9.87. The molecule has 1 saturated carbocycles. The summed E-state index contributed by atoms with van der Waals surface area (Å²) in [5.41, 5.74) is 2.05. The maximum absolute atomic E-state index is 10.4. The summed E-state index contributed by atoms with van der Waals surface area (Å²) in [5.74, 6) is -0.135. The van der Waals surface area contributed by atoms with Crippen LogP contribution in [0.5, 0.6) is 0 Å². The summed E-state index contributed by atoms with van der Waals surface area (Å²) < 4.78 is 7.32. The number of hydrogen-bond acceptors (Lipinski definition) is 3. The molecule has 0 amide bonds. The Balaban J connectivity index is 1.90. The van der Waals surface area contributed by atoms with Crippen LogP contribution in [0, 0.1) is 0 Å². The number of ether oxygens (including phenoxy) is 1. The van der Waals surface area contributed by atoms with Crippen LogP contribution in [-0.4, -0.2) is 27.2 Å². The number of para-hydroxylation sites is 2. The van der Waals surface area contributed by atoms with Gasteiger partial charge in [-0.2, -0.15) is 0 Å². The van der Waals surface area contributed by atoms with Gasteiger partial charge in [-0.25, -0.2) is 9.78 Å². The first-order valence-electron chi connectivity index (χ1n) is 6.01. The summed E-state index contributed by atoms with van der Waals surface area (Å²) in [6.45, 7) is -0.0364. The maximum Gasteiger partial charge on any atom is 0.329 e. The summed E-state index contributed by atoms with van der Waals surface area (Å²) in [6, 6.07) is 8.45. The van der Waals surface area contributed by atoms with Crippen molar-refractivity contribution < 1.29 is 14.6 Å². The van der Waals surface area contributed by atoms with Crippen LogP contribution in [0.1, 0.15) is 24.7 Å². The average molecular weight is 246 g/mol. The fourth-order valence-electron chi connectivity index (χ4n) is 2.17. The number of imidazole rings is 1. The van der Waals surface area contributed by atoms with Gasteiger partial charge in [-0.15, -0.1) is 0 Å². The quantitative estimate of drug-likeness (QED) is 0.876. The van der Waals surface area contributed by atoms with Crippen molar-refractivity contribution in [3.63, 3.8) is 0 Å². The van der Waals surface area contributed by atoms with Gasteiger partial charge in [-0.05, 0) is 25.0 Å². The highest BCUT2D eigenvalue weighted by Gasteiger charge is 2.28. The van der Waals surface area contributed by atoms with Gasteiger partial charge < -0.3 is 14.4 Å². The van der Waals surface area contributed by atoms with E-state index in [0.717, 1.165) is 29.7 Å². The van der Waals surface area contributed by atoms with E-state index in [0.29, 0.717) is 6.04 Å². The van der Waals surface area contributed by atoms with Crippen LogP contribution in [0.2, 0.25) is 0 Å². The Kier molecular flexibility index (Phi) is 2.76. The molecule has 1 aromatic heterocycles. The van der Waals surface area contributed by atoms with Gasteiger partial charge in [0, 0.05) is 6.04 Å². The highest BCUT2D eigenvalue weighted by Crippen LogP contribution is 2.38. The minimum atomic E-state index is -0.955. The lowest BCUT2D eigenvalue weighted by Crippen LogP contribution is -2.10. The second kappa shape index (κ2) is 4.42. The van der Waals surface area contributed by atoms with E-state index < -0.39 is 5.97 Å². The molecule has 2 aromatic rings. The van der Waals surface area contributed by atoms with Gasteiger partial charge in [0.05, 0.1) is 11.0 Å². The number of carboxylic acids is 1. The smallest absolute Gasteiger partial charge is 0.329 e. The first kappa shape index (κ1) is 11.2. The van der Waals surface area contributed by atoms with Gasteiger partial charge in [0.2, 0.25) is 0 Å². The third kappa shape index (κ3) is 2.09. The maximum atomic E-state index is 10.4. The summed E-state index contributed by atoms with van der Waals surface area (Å²) >= 11 is 0. The van der Waals surface area contributed by atoms with E-state index in [4.69, 9.17) is 9.84 Å². The van der Waals surface area contributed by atoms with E-state index in [-0.39, 0.29) is 13.2 Å². The largest absolute Gasteiger partial charge is 0.480 e.